The van der Waals surface area contributed by atoms with Crippen LogP contribution < -0.4 is 4.90 Å². The third-order valence-electron chi connectivity index (χ3n) is 3.78. The second-order valence-electron chi connectivity index (χ2n) is 5.21. The van der Waals surface area contributed by atoms with Crippen molar-refractivity contribution in [3.05, 3.63) is 28.8 Å². The smallest absolute Gasteiger partial charge is 0.152 e. The second kappa shape index (κ2) is 6.24. The van der Waals surface area contributed by atoms with E-state index in [0.29, 0.717) is 10.6 Å². The Labute approximate surface area is 114 Å². The molecule has 98 valence electrons. The van der Waals surface area contributed by atoms with Crippen LogP contribution in [0.3, 0.4) is 0 Å². The average molecular weight is 266 g/mol. The molecule has 18 heavy (non-hydrogen) atoms. The van der Waals surface area contributed by atoms with E-state index in [1.165, 1.54) is 32.1 Å². The molecule has 0 heterocycles. The number of aldehydes is 1. The van der Waals surface area contributed by atoms with Crippen LogP contribution in [0.5, 0.6) is 0 Å². The SMILES string of the molecule is CN(CC1CCCCC1)c1ccc(Cl)cc1C=O. The lowest BCUT2D eigenvalue weighted by molar-refractivity contribution is 0.112. The molecule has 1 aromatic rings. The van der Waals surface area contributed by atoms with Crippen molar-refractivity contribution in [2.45, 2.75) is 32.1 Å². The highest BCUT2D eigenvalue weighted by Gasteiger charge is 2.17. The number of benzene rings is 1. The normalized spacial score (nSPS) is 16.6. The maximum atomic E-state index is 11.1. The Morgan fingerprint density at radius 1 is 1.33 bits per heavy atom. The Morgan fingerprint density at radius 3 is 2.72 bits per heavy atom. The first kappa shape index (κ1) is 13.4. The molecular formula is C15H20ClNO. The molecule has 1 aliphatic rings. The zero-order valence-corrected chi connectivity index (χ0v) is 11.6. The lowest BCUT2D eigenvalue weighted by atomic mass is 9.89. The first-order chi connectivity index (χ1) is 8.70. The quantitative estimate of drug-likeness (QED) is 0.762. The molecule has 1 fully saturated rings. The van der Waals surface area contributed by atoms with Gasteiger partial charge in [0.2, 0.25) is 0 Å². The van der Waals surface area contributed by atoms with Crippen molar-refractivity contribution in [3.63, 3.8) is 0 Å². The summed E-state index contributed by atoms with van der Waals surface area (Å²) < 4.78 is 0. The molecule has 0 amide bonds. The van der Waals surface area contributed by atoms with E-state index < -0.39 is 0 Å². The predicted octanol–water partition coefficient (Wildman–Crippen LogP) is 4.17. The van der Waals surface area contributed by atoms with Gasteiger partial charge in [-0.15, -0.1) is 0 Å². The van der Waals surface area contributed by atoms with Crippen molar-refractivity contribution < 1.29 is 4.79 Å². The lowest BCUT2D eigenvalue weighted by Gasteiger charge is -2.29. The molecule has 0 radical (unpaired) electrons. The molecule has 0 unspecified atom stereocenters. The molecular weight excluding hydrogens is 246 g/mol. The Morgan fingerprint density at radius 2 is 2.06 bits per heavy atom. The van der Waals surface area contributed by atoms with Gasteiger partial charge < -0.3 is 4.90 Å². The summed E-state index contributed by atoms with van der Waals surface area (Å²) in [7, 11) is 2.06. The standard InChI is InChI=1S/C15H20ClNO/c1-17(10-12-5-3-2-4-6-12)15-8-7-14(16)9-13(15)11-18/h7-9,11-12H,2-6,10H2,1H3. The molecule has 3 heteroatoms. The van der Waals surface area contributed by atoms with Crippen LogP contribution in [0, 0.1) is 5.92 Å². The zero-order valence-electron chi connectivity index (χ0n) is 10.9. The van der Waals surface area contributed by atoms with Gasteiger partial charge in [0.25, 0.3) is 0 Å². The van der Waals surface area contributed by atoms with E-state index in [4.69, 9.17) is 11.6 Å². The molecule has 2 nitrogen and oxygen atoms in total. The summed E-state index contributed by atoms with van der Waals surface area (Å²) in [5.74, 6) is 0.763. The molecule has 1 aliphatic carbocycles. The lowest BCUT2D eigenvalue weighted by Crippen LogP contribution is -2.27. The molecule has 0 atom stereocenters. The van der Waals surface area contributed by atoms with Crippen LogP contribution in [0.15, 0.2) is 18.2 Å². The number of halogens is 1. The van der Waals surface area contributed by atoms with Crippen LogP contribution in [-0.2, 0) is 0 Å². The largest absolute Gasteiger partial charge is 0.374 e. The topological polar surface area (TPSA) is 20.3 Å². The van der Waals surface area contributed by atoms with E-state index in [2.05, 4.69) is 11.9 Å². The van der Waals surface area contributed by atoms with Crippen molar-refractivity contribution in [3.8, 4) is 0 Å². The van der Waals surface area contributed by atoms with E-state index in [9.17, 15) is 4.79 Å². The van der Waals surface area contributed by atoms with Crippen molar-refractivity contribution in [2.75, 3.05) is 18.5 Å². The summed E-state index contributed by atoms with van der Waals surface area (Å²) in [6.07, 6.45) is 7.58. The molecule has 1 aromatic carbocycles. The third kappa shape index (κ3) is 3.26. The van der Waals surface area contributed by atoms with Gasteiger partial charge in [0.05, 0.1) is 0 Å². The Hall–Kier alpha value is -1.02. The van der Waals surface area contributed by atoms with E-state index in [1.807, 2.05) is 12.1 Å². The summed E-state index contributed by atoms with van der Waals surface area (Å²) >= 11 is 5.91. The number of carbonyl (C=O) groups is 1. The van der Waals surface area contributed by atoms with Gasteiger partial charge >= 0.3 is 0 Å². The number of carbonyl (C=O) groups excluding carboxylic acids is 1. The minimum atomic E-state index is 0.618. The van der Waals surface area contributed by atoms with Crippen molar-refractivity contribution >= 4 is 23.6 Å². The van der Waals surface area contributed by atoms with Crippen LogP contribution in [0.1, 0.15) is 42.5 Å². The second-order valence-corrected chi connectivity index (χ2v) is 5.64. The molecule has 0 bridgehead atoms. The minimum absolute atomic E-state index is 0.618. The number of anilines is 1. The number of nitrogens with zero attached hydrogens (tertiary/aromatic N) is 1. The maximum Gasteiger partial charge on any atom is 0.152 e. The predicted molar refractivity (Wildman–Crippen MR) is 76.7 cm³/mol. The Bertz CT molecular complexity index is 413. The van der Waals surface area contributed by atoms with Gasteiger partial charge in [-0.2, -0.15) is 0 Å². The van der Waals surface area contributed by atoms with E-state index in [-0.39, 0.29) is 0 Å². The monoisotopic (exact) mass is 265 g/mol. The summed E-state index contributed by atoms with van der Waals surface area (Å²) in [6, 6.07) is 5.53. The number of rotatable bonds is 4. The maximum absolute atomic E-state index is 11.1. The van der Waals surface area contributed by atoms with E-state index >= 15 is 0 Å². The molecule has 0 aliphatic heterocycles. The minimum Gasteiger partial charge on any atom is -0.374 e. The summed E-state index contributed by atoms with van der Waals surface area (Å²) in [4.78, 5) is 13.3. The fourth-order valence-corrected chi connectivity index (χ4v) is 3.00. The van der Waals surface area contributed by atoms with Gasteiger partial charge in [0.1, 0.15) is 0 Å². The zero-order chi connectivity index (χ0) is 13.0. The first-order valence-corrected chi connectivity index (χ1v) is 7.04. The van der Waals surface area contributed by atoms with Gasteiger partial charge in [0.15, 0.2) is 6.29 Å². The highest BCUT2D eigenvalue weighted by atomic mass is 35.5. The fraction of sp³-hybridized carbons (Fsp3) is 0.533. The molecule has 0 spiro atoms. The fourth-order valence-electron chi connectivity index (χ4n) is 2.82. The van der Waals surface area contributed by atoms with Gasteiger partial charge in [-0.3, -0.25) is 4.79 Å². The van der Waals surface area contributed by atoms with Crippen molar-refractivity contribution in [1.82, 2.24) is 0 Å². The van der Waals surface area contributed by atoms with Gasteiger partial charge in [0, 0.05) is 29.9 Å². The van der Waals surface area contributed by atoms with Crippen LogP contribution in [0.25, 0.3) is 0 Å². The van der Waals surface area contributed by atoms with Crippen molar-refractivity contribution in [1.29, 1.82) is 0 Å². The summed E-state index contributed by atoms with van der Waals surface area (Å²) in [5.41, 5.74) is 1.67. The average Bonchev–Trinajstić information content (AvgIpc) is 2.39. The van der Waals surface area contributed by atoms with E-state index in [1.54, 1.807) is 6.07 Å². The molecule has 2 rings (SSSR count). The van der Waals surface area contributed by atoms with Crippen LogP contribution in [-0.4, -0.2) is 19.9 Å². The highest BCUT2D eigenvalue weighted by Crippen LogP contribution is 2.27. The van der Waals surface area contributed by atoms with Crippen LogP contribution in [0.4, 0.5) is 5.69 Å². The number of hydrogen-bond donors (Lipinski definition) is 0. The summed E-state index contributed by atoms with van der Waals surface area (Å²) in [5, 5.41) is 0.618. The van der Waals surface area contributed by atoms with Crippen LogP contribution in [0.2, 0.25) is 5.02 Å². The third-order valence-corrected chi connectivity index (χ3v) is 4.02. The Kier molecular flexibility index (Phi) is 4.65. The highest BCUT2D eigenvalue weighted by molar-refractivity contribution is 6.31. The molecule has 0 N–H and O–H groups in total. The molecule has 0 saturated heterocycles. The number of hydrogen-bond acceptors (Lipinski definition) is 2. The first-order valence-electron chi connectivity index (χ1n) is 6.66. The Balaban J connectivity index is 2.07. The van der Waals surface area contributed by atoms with E-state index in [0.717, 1.165) is 24.4 Å². The van der Waals surface area contributed by atoms with Gasteiger partial charge in [-0.25, -0.2) is 0 Å². The molecule has 0 aromatic heterocycles. The van der Waals surface area contributed by atoms with Crippen molar-refractivity contribution in [2.24, 2.45) is 5.92 Å². The van der Waals surface area contributed by atoms with Gasteiger partial charge in [-0.05, 0) is 37.0 Å². The van der Waals surface area contributed by atoms with Gasteiger partial charge in [-0.1, -0.05) is 30.9 Å². The summed E-state index contributed by atoms with van der Waals surface area (Å²) in [6.45, 7) is 1.03. The van der Waals surface area contributed by atoms with Crippen LogP contribution >= 0.6 is 11.6 Å². The molecule has 1 saturated carbocycles.